The molecule has 0 saturated heterocycles. The van der Waals surface area contributed by atoms with Gasteiger partial charge in [-0.25, -0.2) is 4.99 Å². The molecule has 7 heteroatoms. The normalized spacial score (nSPS) is 16.7. The van der Waals surface area contributed by atoms with E-state index >= 15 is 0 Å². The molecule has 2 N–H and O–H groups in total. The van der Waals surface area contributed by atoms with Gasteiger partial charge in [0, 0.05) is 25.7 Å². The number of fused-ring (bicyclic) bond motifs is 1. The summed E-state index contributed by atoms with van der Waals surface area (Å²) in [7, 11) is 3.54. The summed E-state index contributed by atoms with van der Waals surface area (Å²) in [5, 5.41) is 18.3. The molecule has 1 aliphatic rings. The van der Waals surface area contributed by atoms with Gasteiger partial charge in [-0.15, -0.1) is 0 Å². The number of guanidine groups is 1. The second-order valence-electron chi connectivity index (χ2n) is 6.74. The zero-order chi connectivity index (χ0) is 19.7. The number of nitrogens with zero attached hydrogens (tertiary/aromatic N) is 4. The fourth-order valence-corrected chi connectivity index (χ4v) is 3.22. The molecule has 0 radical (unpaired) electrons. The standard InChI is InChI=1S/C21H21N5O2/c1-25-12-16-10-14(8-9-17(16)24-25)11-18-20(28)26(2)21(22-18)23-19(13-27)15-6-4-3-5-7-15/h3-12,19,27H,13H2,1-2H3,(H,22,23)/b18-11-/t19-/m0/s1. The van der Waals surface area contributed by atoms with E-state index in [9.17, 15) is 9.90 Å². The molecule has 1 aliphatic heterocycles. The summed E-state index contributed by atoms with van der Waals surface area (Å²) >= 11 is 0. The Morgan fingerprint density at radius 2 is 1.96 bits per heavy atom. The number of likely N-dealkylation sites (N-methyl/N-ethyl adjacent to an activating group) is 1. The quantitative estimate of drug-likeness (QED) is 0.684. The van der Waals surface area contributed by atoms with Crippen LogP contribution in [-0.4, -0.2) is 45.3 Å². The molecule has 0 aliphatic carbocycles. The van der Waals surface area contributed by atoms with Gasteiger partial charge in [-0.2, -0.15) is 5.10 Å². The maximum atomic E-state index is 12.6. The van der Waals surface area contributed by atoms with Crippen molar-refractivity contribution in [1.29, 1.82) is 0 Å². The molecule has 0 spiro atoms. The average Bonchev–Trinajstić information content (AvgIpc) is 3.20. The summed E-state index contributed by atoms with van der Waals surface area (Å²) in [6.45, 7) is -0.109. The third-order valence-corrected chi connectivity index (χ3v) is 4.70. The maximum absolute atomic E-state index is 12.6. The second kappa shape index (κ2) is 7.28. The number of aliphatic imine (C=N–C) groups is 1. The number of aryl methyl sites for hydroxylation is 1. The van der Waals surface area contributed by atoms with Crippen LogP contribution in [0.25, 0.3) is 17.0 Å². The number of aliphatic hydroxyl groups is 1. The first kappa shape index (κ1) is 17.9. The van der Waals surface area contributed by atoms with Gasteiger partial charge in [-0.1, -0.05) is 36.4 Å². The molecule has 1 amide bonds. The van der Waals surface area contributed by atoms with Gasteiger partial charge in [0.25, 0.3) is 5.91 Å². The van der Waals surface area contributed by atoms with Crippen molar-refractivity contribution in [2.75, 3.05) is 13.7 Å². The van der Waals surface area contributed by atoms with E-state index in [-0.39, 0.29) is 18.6 Å². The zero-order valence-electron chi connectivity index (χ0n) is 15.7. The Labute approximate surface area is 162 Å². The van der Waals surface area contributed by atoms with Crippen LogP contribution in [0.1, 0.15) is 17.2 Å². The molecule has 28 heavy (non-hydrogen) atoms. The Hall–Kier alpha value is -3.45. The van der Waals surface area contributed by atoms with Crippen LogP contribution in [0.15, 0.2) is 65.4 Å². The Morgan fingerprint density at radius 3 is 2.71 bits per heavy atom. The van der Waals surface area contributed by atoms with Gasteiger partial charge in [0.15, 0.2) is 0 Å². The summed E-state index contributed by atoms with van der Waals surface area (Å²) < 4.78 is 1.76. The Morgan fingerprint density at radius 1 is 1.18 bits per heavy atom. The molecular weight excluding hydrogens is 354 g/mol. The maximum Gasteiger partial charge on any atom is 0.279 e. The van der Waals surface area contributed by atoms with Crippen molar-refractivity contribution in [3.63, 3.8) is 0 Å². The van der Waals surface area contributed by atoms with E-state index in [0.717, 1.165) is 22.0 Å². The largest absolute Gasteiger partial charge is 0.394 e. The third kappa shape index (κ3) is 3.39. The highest BCUT2D eigenvalue weighted by molar-refractivity contribution is 6.13. The molecule has 3 aromatic rings. The number of benzene rings is 2. The summed E-state index contributed by atoms with van der Waals surface area (Å²) in [4.78, 5) is 18.5. The molecule has 7 nitrogen and oxygen atoms in total. The van der Waals surface area contributed by atoms with Crippen molar-refractivity contribution in [2.24, 2.45) is 12.0 Å². The molecule has 0 unspecified atom stereocenters. The number of aliphatic hydroxyl groups excluding tert-OH is 1. The van der Waals surface area contributed by atoms with E-state index in [2.05, 4.69) is 15.4 Å². The number of carbonyl (C=O) groups excluding carboxylic acids is 1. The molecule has 1 aromatic heterocycles. The molecule has 0 fully saturated rings. The van der Waals surface area contributed by atoms with Crippen LogP contribution < -0.4 is 5.32 Å². The van der Waals surface area contributed by atoms with Crippen molar-refractivity contribution in [3.8, 4) is 0 Å². The minimum absolute atomic E-state index is 0.109. The van der Waals surface area contributed by atoms with Crippen LogP contribution >= 0.6 is 0 Å². The Bertz CT molecular complexity index is 1080. The second-order valence-corrected chi connectivity index (χ2v) is 6.74. The van der Waals surface area contributed by atoms with E-state index in [0.29, 0.717) is 11.7 Å². The minimum Gasteiger partial charge on any atom is -0.394 e. The number of hydrogen-bond acceptors (Lipinski definition) is 5. The van der Waals surface area contributed by atoms with Crippen LogP contribution in [0.4, 0.5) is 0 Å². The van der Waals surface area contributed by atoms with Crippen molar-refractivity contribution >= 4 is 28.8 Å². The number of rotatable bonds is 4. The number of aromatic nitrogens is 2. The highest BCUT2D eigenvalue weighted by Crippen LogP contribution is 2.21. The van der Waals surface area contributed by atoms with Crippen molar-refractivity contribution in [2.45, 2.75) is 6.04 Å². The predicted octanol–water partition coefficient (Wildman–Crippen LogP) is 2.07. The Balaban J connectivity index is 1.61. The molecule has 0 saturated carbocycles. The zero-order valence-corrected chi connectivity index (χ0v) is 15.7. The van der Waals surface area contributed by atoms with Crippen molar-refractivity contribution in [3.05, 3.63) is 71.6 Å². The average molecular weight is 375 g/mol. The number of hydrogen-bond donors (Lipinski definition) is 2. The summed E-state index contributed by atoms with van der Waals surface area (Å²) in [5.74, 6) is 0.222. The molecule has 2 heterocycles. The van der Waals surface area contributed by atoms with Crippen LogP contribution in [0.3, 0.4) is 0 Å². The molecule has 0 bridgehead atoms. The SMILES string of the molecule is CN1C(=O)/C(=C/c2ccc3nn(C)cc3c2)N=C1N[C@@H](CO)c1ccccc1. The lowest BCUT2D eigenvalue weighted by Crippen LogP contribution is -2.41. The van der Waals surface area contributed by atoms with Crippen molar-refractivity contribution in [1.82, 2.24) is 20.0 Å². The molecule has 2 aromatic carbocycles. The van der Waals surface area contributed by atoms with Gasteiger partial charge >= 0.3 is 0 Å². The van der Waals surface area contributed by atoms with Gasteiger partial charge in [0.05, 0.1) is 18.2 Å². The van der Waals surface area contributed by atoms with Gasteiger partial charge in [0.2, 0.25) is 5.96 Å². The van der Waals surface area contributed by atoms with Crippen LogP contribution in [0, 0.1) is 0 Å². The number of amides is 1. The number of carbonyl (C=O) groups is 1. The van der Waals surface area contributed by atoms with Crippen molar-refractivity contribution < 1.29 is 9.90 Å². The van der Waals surface area contributed by atoms with Crippen LogP contribution in [-0.2, 0) is 11.8 Å². The van der Waals surface area contributed by atoms with Crippen LogP contribution in [0.5, 0.6) is 0 Å². The first-order valence-corrected chi connectivity index (χ1v) is 8.99. The van der Waals surface area contributed by atoms with E-state index in [1.54, 1.807) is 17.8 Å². The van der Waals surface area contributed by atoms with E-state index in [1.165, 1.54) is 4.90 Å². The predicted molar refractivity (Wildman–Crippen MR) is 108 cm³/mol. The van der Waals surface area contributed by atoms with Gasteiger partial charge in [-0.3, -0.25) is 14.4 Å². The fourth-order valence-electron chi connectivity index (χ4n) is 3.22. The monoisotopic (exact) mass is 375 g/mol. The van der Waals surface area contributed by atoms with E-state index in [1.807, 2.05) is 61.8 Å². The smallest absolute Gasteiger partial charge is 0.279 e. The van der Waals surface area contributed by atoms with Gasteiger partial charge in [-0.05, 0) is 29.3 Å². The topological polar surface area (TPSA) is 82.8 Å². The lowest BCUT2D eigenvalue weighted by atomic mass is 10.1. The molecular formula is C21H21N5O2. The van der Waals surface area contributed by atoms with E-state index < -0.39 is 0 Å². The van der Waals surface area contributed by atoms with Gasteiger partial charge < -0.3 is 10.4 Å². The fraction of sp³-hybridized carbons (Fsp3) is 0.190. The first-order chi connectivity index (χ1) is 13.5. The Kier molecular flexibility index (Phi) is 4.67. The highest BCUT2D eigenvalue weighted by atomic mass is 16.3. The molecule has 1 atom stereocenters. The minimum atomic E-state index is -0.346. The molecule has 4 rings (SSSR count). The third-order valence-electron chi connectivity index (χ3n) is 4.70. The summed E-state index contributed by atoms with van der Waals surface area (Å²) in [6.07, 6.45) is 3.69. The summed E-state index contributed by atoms with van der Waals surface area (Å²) in [5.41, 5.74) is 3.05. The highest BCUT2D eigenvalue weighted by Gasteiger charge is 2.28. The number of nitrogens with one attached hydrogen (secondary N) is 1. The van der Waals surface area contributed by atoms with Gasteiger partial charge in [0.1, 0.15) is 5.70 Å². The molecule has 142 valence electrons. The summed E-state index contributed by atoms with van der Waals surface area (Å²) in [6, 6.07) is 15.0. The van der Waals surface area contributed by atoms with E-state index in [4.69, 9.17) is 0 Å². The van der Waals surface area contributed by atoms with Crippen LogP contribution in [0.2, 0.25) is 0 Å². The first-order valence-electron chi connectivity index (χ1n) is 8.99. The lowest BCUT2D eigenvalue weighted by molar-refractivity contribution is -0.121. The lowest BCUT2D eigenvalue weighted by Gasteiger charge is -2.20.